The number of hydrogen-bond donors (Lipinski definition) is 2. The zero-order valence-electron chi connectivity index (χ0n) is 23.2. The number of fused-ring (bicyclic) bond motifs is 2. The number of likely N-dealkylation sites (N-methyl/N-ethyl adjacent to an activating group) is 1. The molecule has 1 saturated carbocycles. The number of nitrogens with two attached hydrogens (primary N) is 1. The lowest BCUT2D eigenvalue weighted by Gasteiger charge is -2.37. The van der Waals surface area contributed by atoms with Crippen LogP contribution in [0, 0.1) is 0 Å². The second-order valence-corrected chi connectivity index (χ2v) is 11.3. The predicted molar refractivity (Wildman–Crippen MR) is 149 cm³/mol. The van der Waals surface area contributed by atoms with Crippen LogP contribution in [0.25, 0.3) is 17.3 Å². The van der Waals surface area contributed by atoms with E-state index in [1.54, 1.807) is 25.3 Å². The van der Waals surface area contributed by atoms with Crippen molar-refractivity contribution in [1.29, 1.82) is 0 Å². The summed E-state index contributed by atoms with van der Waals surface area (Å²) in [5, 5.41) is 13.9. The van der Waals surface area contributed by atoms with Crippen molar-refractivity contribution in [2.24, 2.45) is 10.7 Å². The molecule has 10 nitrogen and oxygen atoms in total. The highest BCUT2D eigenvalue weighted by atomic mass is 16.5. The number of aliphatic hydroxyl groups excluding tert-OH is 1. The van der Waals surface area contributed by atoms with Crippen molar-refractivity contribution in [3.63, 3.8) is 0 Å². The minimum absolute atomic E-state index is 0.0855. The van der Waals surface area contributed by atoms with Crippen molar-refractivity contribution in [3.8, 4) is 17.5 Å². The SMILES string of the molecule is C[C@H](Oc1cc(C(N)=CC=NC[C@@H](C)O)nc(-c2onc3c2CCC[C@@]32CCCCC2=O)n1)[C@@H]1CCCN1C. The fourth-order valence-electron chi connectivity index (χ4n) is 6.35. The van der Waals surface area contributed by atoms with Gasteiger partial charge in [0.05, 0.1) is 29.5 Å². The molecule has 4 atom stereocenters. The van der Waals surface area contributed by atoms with Crippen molar-refractivity contribution in [2.45, 2.75) is 95.3 Å². The number of Topliss-reactive ketones (excluding diaryl/α,β-unsaturated/α-hetero) is 1. The third-order valence-corrected chi connectivity index (χ3v) is 8.42. The van der Waals surface area contributed by atoms with Crippen LogP contribution < -0.4 is 10.5 Å². The van der Waals surface area contributed by atoms with Gasteiger partial charge in [-0.05, 0) is 78.5 Å². The molecule has 1 saturated heterocycles. The Hall–Kier alpha value is -3.11. The van der Waals surface area contributed by atoms with Gasteiger partial charge in [0.15, 0.2) is 0 Å². The molecule has 39 heavy (non-hydrogen) atoms. The van der Waals surface area contributed by atoms with Crippen LogP contribution in [0.15, 0.2) is 21.7 Å². The number of aliphatic imine (C=N–C) groups is 1. The van der Waals surface area contributed by atoms with Gasteiger partial charge in [-0.15, -0.1) is 0 Å². The Morgan fingerprint density at radius 1 is 1.28 bits per heavy atom. The minimum atomic E-state index is -0.550. The van der Waals surface area contributed by atoms with Crippen LogP contribution in [0.5, 0.6) is 5.88 Å². The molecule has 2 fully saturated rings. The highest BCUT2D eigenvalue weighted by Gasteiger charge is 2.48. The predicted octanol–water partition coefficient (Wildman–Crippen LogP) is 3.46. The monoisotopic (exact) mass is 536 g/mol. The van der Waals surface area contributed by atoms with Crippen molar-refractivity contribution in [1.82, 2.24) is 20.0 Å². The lowest BCUT2D eigenvalue weighted by atomic mass is 9.64. The normalized spacial score (nSPS) is 25.8. The Morgan fingerprint density at radius 3 is 2.85 bits per heavy atom. The first-order chi connectivity index (χ1) is 18.8. The molecule has 2 aliphatic carbocycles. The van der Waals surface area contributed by atoms with Gasteiger partial charge in [0, 0.05) is 30.3 Å². The Labute approximate surface area is 229 Å². The number of aromatic nitrogens is 3. The second kappa shape index (κ2) is 11.6. The number of aliphatic hydroxyl groups is 1. The summed E-state index contributed by atoms with van der Waals surface area (Å²) in [6, 6.07) is 2.03. The molecule has 2 aromatic rings. The van der Waals surface area contributed by atoms with E-state index in [0.29, 0.717) is 41.3 Å². The molecular formula is C29H40N6O4. The minimum Gasteiger partial charge on any atom is -0.473 e. The summed E-state index contributed by atoms with van der Waals surface area (Å²) in [4.78, 5) is 29.1. The van der Waals surface area contributed by atoms with Gasteiger partial charge >= 0.3 is 0 Å². The maximum atomic E-state index is 13.1. The highest BCUT2D eigenvalue weighted by Crippen LogP contribution is 2.47. The summed E-state index contributed by atoms with van der Waals surface area (Å²) < 4.78 is 12.3. The maximum absolute atomic E-state index is 13.1. The van der Waals surface area contributed by atoms with Gasteiger partial charge < -0.3 is 20.1 Å². The average Bonchev–Trinajstić information content (AvgIpc) is 3.55. The zero-order valence-corrected chi connectivity index (χ0v) is 23.2. The van der Waals surface area contributed by atoms with Gasteiger partial charge in [-0.1, -0.05) is 11.6 Å². The first-order valence-corrected chi connectivity index (χ1v) is 14.2. The number of ether oxygens (including phenoxy) is 1. The Morgan fingerprint density at radius 2 is 2.10 bits per heavy atom. The van der Waals surface area contributed by atoms with Crippen molar-refractivity contribution < 1.29 is 19.2 Å². The van der Waals surface area contributed by atoms with E-state index in [4.69, 9.17) is 25.0 Å². The fourth-order valence-corrected chi connectivity index (χ4v) is 6.35. The third kappa shape index (κ3) is 5.63. The average molecular weight is 537 g/mol. The summed E-state index contributed by atoms with van der Waals surface area (Å²) in [5.74, 6) is 1.51. The summed E-state index contributed by atoms with van der Waals surface area (Å²) in [7, 11) is 2.12. The van der Waals surface area contributed by atoms with Crippen LogP contribution in [-0.4, -0.2) is 75.5 Å². The number of hydrogen-bond acceptors (Lipinski definition) is 10. The van der Waals surface area contributed by atoms with Crippen LogP contribution in [0.4, 0.5) is 0 Å². The van der Waals surface area contributed by atoms with Gasteiger partial charge in [0.1, 0.15) is 17.6 Å². The number of ketones is 1. The third-order valence-electron chi connectivity index (χ3n) is 8.42. The number of likely N-dealkylation sites (tertiary alicyclic amines) is 1. The van der Waals surface area contributed by atoms with Crippen LogP contribution in [0.3, 0.4) is 0 Å². The van der Waals surface area contributed by atoms with Gasteiger partial charge in [-0.25, -0.2) is 4.98 Å². The van der Waals surface area contributed by atoms with Gasteiger partial charge in [0.25, 0.3) is 0 Å². The van der Waals surface area contributed by atoms with E-state index in [0.717, 1.165) is 69.2 Å². The molecule has 210 valence electrons. The molecule has 5 rings (SSSR count). The lowest BCUT2D eigenvalue weighted by molar-refractivity contribution is -0.127. The molecule has 3 aliphatic rings. The molecule has 1 aliphatic heterocycles. The first-order valence-electron chi connectivity index (χ1n) is 14.2. The molecule has 0 radical (unpaired) electrons. The number of nitrogens with zero attached hydrogens (tertiary/aromatic N) is 5. The smallest absolute Gasteiger partial charge is 0.217 e. The quantitative estimate of drug-likeness (QED) is 0.485. The van der Waals surface area contributed by atoms with E-state index < -0.39 is 11.5 Å². The zero-order chi connectivity index (χ0) is 27.6. The van der Waals surface area contributed by atoms with Crippen LogP contribution in [0.1, 0.15) is 82.2 Å². The largest absolute Gasteiger partial charge is 0.473 e. The summed E-state index contributed by atoms with van der Waals surface area (Å²) in [6.45, 7) is 5.07. The molecule has 1 spiro atoms. The van der Waals surface area contributed by atoms with Gasteiger partial charge in [0.2, 0.25) is 17.5 Å². The van der Waals surface area contributed by atoms with Gasteiger partial charge in [-0.3, -0.25) is 14.7 Å². The highest BCUT2D eigenvalue weighted by molar-refractivity contribution is 5.91. The van der Waals surface area contributed by atoms with E-state index in [-0.39, 0.29) is 18.4 Å². The van der Waals surface area contributed by atoms with Crippen LogP contribution >= 0.6 is 0 Å². The van der Waals surface area contributed by atoms with E-state index in [2.05, 4.69) is 29.0 Å². The van der Waals surface area contributed by atoms with Gasteiger partial charge in [-0.2, -0.15) is 4.98 Å². The molecule has 3 heterocycles. The second-order valence-electron chi connectivity index (χ2n) is 11.3. The number of carbonyl (C=O) groups is 1. The number of carbonyl (C=O) groups excluding carboxylic acids is 1. The Bertz CT molecular complexity index is 1250. The van der Waals surface area contributed by atoms with E-state index in [1.165, 1.54) is 0 Å². The van der Waals surface area contributed by atoms with Crippen LogP contribution in [0.2, 0.25) is 0 Å². The molecule has 0 amide bonds. The van der Waals surface area contributed by atoms with E-state index in [9.17, 15) is 9.90 Å². The summed E-state index contributed by atoms with van der Waals surface area (Å²) >= 11 is 0. The summed E-state index contributed by atoms with van der Waals surface area (Å²) in [6.07, 6.45) is 10.6. The molecule has 2 aromatic heterocycles. The van der Waals surface area contributed by atoms with E-state index in [1.807, 2.05) is 0 Å². The molecular weight excluding hydrogens is 496 g/mol. The lowest BCUT2D eigenvalue weighted by Crippen LogP contribution is -2.41. The Balaban J connectivity index is 1.52. The van der Waals surface area contributed by atoms with Crippen molar-refractivity contribution in [2.75, 3.05) is 20.1 Å². The van der Waals surface area contributed by atoms with E-state index >= 15 is 0 Å². The topological polar surface area (TPSA) is 140 Å². The molecule has 3 N–H and O–H groups in total. The summed E-state index contributed by atoms with van der Waals surface area (Å²) in [5.41, 5.74) is 8.41. The van der Waals surface area contributed by atoms with Crippen molar-refractivity contribution in [3.05, 3.63) is 29.1 Å². The first kappa shape index (κ1) is 27.5. The molecule has 0 aromatic carbocycles. The molecule has 0 bridgehead atoms. The maximum Gasteiger partial charge on any atom is 0.217 e. The standard InChI is InChI=1S/C29H40N6O4/c1-18(36)17-31-14-11-21(30)22-16-25(38-19(2)23-9-7-15-35(23)3)33-28(32-22)26-20-8-6-13-29(27(20)34-39-26)12-5-4-10-24(29)37/h11,14,16,18-19,23,36H,4-10,12-13,15,17,30H2,1-3H3/t18-,19+,23+,29-/m1/s1. The number of rotatable bonds is 8. The molecule has 0 unspecified atom stereocenters. The molecule has 10 heteroatoms. The van der Waals surface area contributed by atoms with Crippen molar-refractivity contribution >= 4 is 17.7 Å². The van der Waals surface area contributed by atoms with Crippen LogP contribution in [-0.2, 0) is 16.6 Å². The fraction of sp³-hybridized carbons (Fsp3) is 0.621. The number of allylic oxidation sites excluding steroid dienone is 1. The Kier molecular flexibility index (Phi) is 8.13.